The average molecular weight is 235 g/mol. The molecule has 0 bridgehead atoms. The number of nitrogens with zero attached hydrogens (tertiary/aromatic N) is 2. The standard InChI is InChI=1S/C15H13N3/c1-10-7-8-13(15(16)18-10)12-6-2-4-11-5-3-9-17-14(11)12/h2-9H,1H3,(H2,16,18). The van der Waals surface area contributed by atoms with Gasteiger partial charge in [0, 0.05) is 28.4 Å². The normalized spacial score (nSPS) is 10.7. The Balaban J connectivity index is 2.31. The van der Waals surface area contributed by atoms with Gasteiger partial charge in [0.2, 0.25) is 0 Å². The van der Waals surface area contributed by atoms with Crippen LogP contribution in [-0.2, 0) is 0 Å². The van der Waals surface area contributed by atoms with Gasteiger partial charge in [-0.3, -0.25) is 4.98 Å². The minimum absolute atomic E-state index is 0.549. The highest BCUT2D eigenvalue weighted by Gasteiger charge is 2.08. The zero-order chi connectivity index (χ0) is 12.5. The number of hydrogen-bond acceptors (Lipinski definition) is 3. The van der Waals surface area contributed by atoms with E-state index in [-0.39, 0.29) is 0 Å². The van der Waals surface area contributed by atoms with Gasteiger partial charge in [0.05, 0.1) is 5.52 Å². The van der Waals surface area contributed by atoms with E-state index in [2.05, 4.69) is 9.97 Å². The molecule has 88 valence electrons. The lowest BCUT2D eigenvalue weighted by molar-refractivity contribution is 1.21. The Kier molecular flexibility index (Phi) is 2.45. The van der Waals surface area contributed by atoms with Crippen LogP contribution in [0.3, 0.4) is 0 Å². The molecule has 3 nitrogen and oxygen atoms in total. The zero-order valence-corrected chi connectivity index (χ0v) is 10.1. The minimum atomic E-state index is 0.549. The molecular formula is C15H13N3. The van der Waals surface area contributed by atoms with Crippen molar-refractivity contribution in [3.63, 3.8) is 0 Å². The summed E-state index contributed by atoms with van der Waals surface area (Å²) in [6.45, 7) is 1.93. The molecule has 0 aliphatic carbocycles. The maximum absolute atomic E-state index is 6.01. The third kappa shape index (κ3) is 1.70. The van der Waals surface area contributed by atoms with Crippen LogP contribution in [0.15, 0.2) is 48.7 Å². The lowest BCUT2D eigenvalue weighted by atomic mass is 10.0. The van der Waals surface area contributed by atoms with Gasteiger partial charge in [-0.05, 0) is 25.1 Å². The third-order valence-corrected chi connectivity index (χ3v) is 2.99. The summed E-state index contributed by atoms with van der Waals surface area (Å²) < 4.78 is 0. The summed E-state index contributed by atoms with van der Waals surface area (Å²) >= 11 is 0. The maximum Gasteiger partial charge on any atom is 0.131 e. The fourth-order valence-electron chi connectivity index (χ4n) is 2.13. The first-order valence-corrected chi connectivity index (χ1v) is 5.83. The van der Waals surface area contributed by atoms with Crippen molar-refractivity contribution < 1.29 is 0 Å². The second-order valence-corrected chi connectivity index (χ2v) is 4.27. The van der Waals surface area contributed by atoms with Gasteiger partial charge < -0.3 is 5.73 Å². The first-order valence-electron chi connectivity index (χ1n) is 5.83. The molecule has 0 aliphatic heterocycles. The summed E-state index contributed by atoms with van der Waals surface area (Å²) in [5, 5.41) is 1.11. The molecule has 0 amide bonds. The summed E-state index contributed by atoms with van der Waals surface area (Å²) in [5.41, 5.74) is 9.84. The number of hydrogen-bond donors (Lipinski definition) is 1. The van der Waals surface area contributed by atoms with Crippen LogP contribution in [-0.4, -0.2) is 9.97 Å². The van der Waals surface area contributed by atoms with E-state index in [1.54, 1.807) is 6.20 Å². The minimum Gasteiger partial charge on any atom is -0.383 e. The predicted octanol–water partition coefficient (Wildman–Crippen LogP) is 3.19. The molecule has 2 heterocycles. The van der Waals surface area contributed by atoms with E-state index in [4.69, 9.17) is 5.73 Å². The van der Waals surface area contributed by atoms with Crippen LogP contribution in [0.2, 0.25) is 0 Å². The van der Waals surface area contributed by atoms with Gasteiger partial charge >= 0.3 is 0 Å². The van der Waals surface area contributed by atoms with Gasteiger partial charge in [0.15, 0.2) is 0 Å². The molecule has 0 aliphatic rings. The van der Waals surface area contributed by atoms with Gasteiger partial charge in [-0.2, -0.15) is 0 Å². The fraction of sp³-hybridized carbons (Fsp3) is 0.0667. The number of benzene rings is 1. The molecule has 0 radical (unpaired) electrons. The van der Waals surface area contributed by atoms with E-state index in [0.717, 1.165) is 27.7 Å². The Labute approximate surface area is 105 Å². The van der Waals surface area contributed by atoms with Crippen molar-refractivity contribution in [2.45, 2.75) is 6.92 Å². The van der Waals surface area contributed by atoms with Crippen LogP contribution in [0.4, 0.5) is 5.82 Å². The van der Waals surface area contributed by atoms with Crippen LogP contribution >= 0.6 is 0 Å². The van der Waals surface area contributed by atoms with Gasteiger partial charge in [-0.25, -0.2) is 4.98 Å². The number of nitrogen functional groups attached to an aromatic ring is 1. The van der Waals surface area contributed by atoms with E-state index < -0.39 is 0 Å². The van der Waals surface area contributed by atoms with Crippen molar-refractivity contribution in [1.29, 1.82) is 0 Å². The quantitative estimate of drug-likeness (QED) is 0.704. The Morgan fingerprint density at radius 1 is 0.944 bits per heavy atom. The number of aromatic nitrogens is 2. The van der Waals surface area contributed by atoms with Crippen molar-refractivity contribution in [2.24, 2.45) is 0 Å². The van der Waals surface area contributed by atoms with Crippen LogP contribution in [0.25, 0.3) is 22.0 Å². The van der Waals surface area contributed by atoms with Gasteiger partial charge in [0.25, 0.3) is 0 Å². The smallest absolute Gasteiger partial charge is 0.131 e. The lowest BCUT2D eigenvalue weighted by Gasteiger charge is -2.08. The average Bonchev–Trinajstić information content (AvgIpc) is 2.38. The molecule has 3 heteroatoms. The van der Waals surface area contributed by atoms with E-state index >= 15 is 0 Å². The van der Waals surface area contributed by atoms with Crippen LogP contribution in [0.1, 0.15) is 5.69 Å². The highest BCUT2D eigenvalue weighted by Crippen LogP contribution is 2.30. The molecule has 18 heavy (non-hydrogen) atoms. The number of pyridine rings is 2. The molecule has 0 saturated carbocycles. The Bertz CT molecular complexity index is 715. The Hall–Kier alpha value is -2.42. The number of nitrogens with two attached hydrogens (primary N) is 1. The van der Waals surface area contributed by atoms with Crippen molar-refractivity contribution in [3.05, 3.63) is 54.4 Å². The molecule has 3 aromatic rings. The predicted molar refractivity (Wildman–Crippen MR) is 74.1 cm³/mol. The number of anilines is 1. The van der Waals surface area contributed by atoms with Crippen molar-refractivity contribution in [1.82, 2.24) is 9.97 Å². The maximum atomic E-state index is 6.01. The van der Waals surface area contributed by atoms with E-state index in [1.165, 1.54) is 0 Å². The fourth-order valence-corrected chi connectivity index (χ4v) is 2.13. The molecule has 2 aromatic heterocycles. The number of fused-ring (bicyclic) bond motifs is 1. The number of aryl methyl sites for hydroxylation is 1. The number of rotatable bonds is 1. The molecule has 2 N–H and O–H groups in total. The number of para-hydroxylation sites is 1. The summed E-state index contributed by atoms with van der Waals surface area (Å²) in [4.78, 5) is 8.74. The second-order valence-electron chi connectivity index (χ2n) is 4.27. The molecule has 0 spiro atoms. The molecule has 0 atom stereocenters. The molecule has 0 fully saturated rings. The van der Waals surface area contributed by atoms with Crippen molar-refractivity contribution in [3.8, 4) is 11.1 Å². The molecule has 0 unspecified atom stereocenters. The largest absolute Gasteiger partial charge is 0.383 e. The van der Waals surface area contributed by atoms with E-state index in [0.29, 0.717) is 5.82 Å². The summed E-state index contributed by atoms with van der Waals surface area (Å²) in [5.74, 6) is 0.549. The SMILES string of the molecule is Cc1ccc(-c2cccc3cccnc23)c(N)n1. The first-order chi connectivity index (χ1) is 8.75. The zero-order valence-electron chi connectivity index (χ0n) is 10.1. The summed E-state index contributed by atoms with van der Waals surface area (Å²) in [7, 11) is 0. The first kappa shape index (κ1) is 10.7. The Morgan fingerprint density at radius 2 is 1.78 bits per heavy atom. The molecule has 1 aromatic carbocycles. The highest BCUT2D eigenvalue weighted by atomic mass is 14.8. The lowest BCUT2D eigenvalue weighted by Crippen LogP contribution is -1.96. The molecular weight excluding hydrogens is 222 g/mol. The monoisotopic (exact) mass is 235 g/mol. The van der Waals surface area contributed by atoms with Crippen molar-refractivity contribution in [2.75, 3.05) is 5.73 Å². The van der Waals surface area contributed by atoms with Gasteiger partial charge in [-0.15, -0.1) is 0 Å². The topological polar surface area (TPSA) is 51.8 Å². The summed E-state index contributed by atoms with van der Waals surface area (Å²) in [6, 6.07) is 14.0. The van der Waals surface area contributed by atoms with Crippen LogP contribution < -0.4 is 5.73 Å². The molecule has 0 saturated heterocycles. The van der Waals surface area contributed by atoms with E-state index in [1.807, 2.05) is 49.4 Å². The third-order valence-electron chi connectivity index (χ3n) is 2.99. The van der Waals surface area contributed by atoms with Crippen LogP contribution in [0, 0.1) is 6.92 Å². The Morgan fingerprint density at radius 3 is 2.61 bits per heavy atom. The molecule has 3 rings (SSSR count). The highest BCUT2D eigenvalue weighted by molar-refractivity contribution is 5.95. The summed E-state index contributed by atoms with van der Waals surface area (Å²) in [6.07, 6.45) is 1.80. The van der Waals surface area contributed by atoms with Gasteiger partial charge in [0.1, 0.15) is 5.82 Å². The van der Waals surface area contributed by atoms with Crippen molar-refractivity contribution >= 4 is 16.7 Å². The van der Waals surface area contributed by atoms with Crippen LogP contribution in [0.5, 0.6) is 0 Å². The van der Waals surface area contributed by atoms with E-state index in [9.17, 15) is 0 Å². The second kappa shape index (κ2) is 4.11. The van der Waals surface area contributed by atoms with Gasteiger partial charge in [-0.1, -0.05) is 24.3 Å².